The number of hydrogen-bond donors (Lipinski definition) is 3. The Balaban J connectivity index is 2.40. The molecule has 1 aliphatic rings. The fourth-order valence-corrected chi connectivity index (χ4v) is 2.60. The third-order valence-electron chi connectivity index (χ3n) is 3.90. The van der Waals surface area contributed by atoms with Gasteiger partial charge in [0.15, 0.2) is 17.5 Å². The van der Waals surface area contributed by atoms with Gasteiger partial charge in [-0.2, -0.15) is 0 Å². The largest absolute Gasteiger partial charge is 0.504 e. The second-order valence-corrected chi connectivity index (χ2v) is 5.35. The van der Waals surface area contributed by atoms with Gasteiger partial charge < -0.3 is 20.8 Å². The van der Waals surface area contributed by atoms with Crippen molar-refractivity contribution in [2.24, 2.45) is 5.73 Å². The molecular weight excluding hydrogens is 332 g/mol. The number of nitrogens with two attached hydrogens (primary N) is 1. The molecule has 0 aliphatic carbocycles. The maximum absolute atomic E-state index is 12.3. The summed E-state index contributed by atoms with van der Waals surface area (Å²) in [5, 5.41) is 20.6. The van der Waals surface area contributed by atoms with E-state index >= 15 is 0 Å². The molecule has 1 aromatic carbocycles. The topological polar surface area (TPSA) is 144 Å². The Bertz CT molecular complexity index is 722. The third-order valence-corrected chi connectivity index (χ3v) is 3.90. The minimum Gasteiger partial charge on any atom is -0.504 e. The lowest BCUT2D eigenvalue weighted by Gasteiger charge is -2.40. The van der Waals surface area contributed by atoms with E-state index < -0.39 is 35.3 Å². The monoisotopic (exact) mass is 350 g/mol. The van der Waals surface area contributed by atoms with Crippen molar-refractivity contribution in [1.29, 1.82) is 0 Å². The van der Waals surface area contributed by atoms with Crippen molar-refractivity contribution in [2.75, 3.05) is 19.6 Å². The van der Waals surface area contributed by atoms with E-state index in [1.54, 1.807) is 6.92 Å². The first-order valence-electron chi connectivity index (χ1n) is 7.47. The van der Waals surface area contributed by atoms with E-state index in [9.17, 15) is 29.4 Å². The van der Waals surface area contributed by atoms with Gasteiger partial charge in [-0.1, -0.05) is 6.07 Å². The van der Waals surface area contributed by atoms with Gasteiger partial charge in [0, 0.05) is 13.1 Å². The van der Waals surface area contributed by atoms with Crippen LogP contribution < -0.4 is 5.73 Å². The van der Waals surface area contributed by atoms with E-state index in [4.69, 9.17) is 5.73 Å². The lowest BCUT2D eigenvalue weighted by Crippen LogP contribution is -2.61. The Morgan fingerprint density at radius 3 is 2.48 bits per heavy atom. The van der Waals surface area contributed by atoms with Crippen LogP contribution in [-0.4, -0.2) is 68.9 Å². The van der Waals surface area contributed by atoms with Gasteiger partial charge in [0.05, 0.1) is 6.54 Å². The summed E-state index contributed by atoms with van der Waals surface area (Å²) < 4.78 is 0. The zero-order valence-corrected chi connectivity index (χ0v) is 13.5. The third kappa shape index (κ3) is 3.32. The van der Waals surface area contributed by atoms with E-state index in [2.05, 4.69) is 0 Å². The fourth-order valence-electron chi connectivity index (χ4n) is 2.60. The number of nitrogens with zero attached hydrogens (tertiary/aromatic N) is 3. The number of rotatable bonds is 6. The summed E-state index contributed by atoms with van der Waals surface area (Å²) in [6, 6.07) is 2.01. The summed E-state index contributed by atoms with van der Waals surface area (Å²) in [6.45, 7) is 2.25. The minimum atomic E-state index is -1.44. The highest BCUT2D eigenvalue weighted by Crippen LogP contribution is 2.30. The molecule has 0 bridgehead atoms. The molecule has 2 rings (SSSR count). The number of hydrogen-bond acceptors (Lipinski definition) is 6. The number of benzene rings is 1. The number of primary amides is 1. The molecule has 0 radical (unpaired) electrons. The summed E-state index contributed by atoms with van der Waals surface area (Å²) in [6.07, 6.45) is 0.214. The maximum atomic E-state index is 12.3. The highest BCUT2D eigenvalue weighted by Gasteiger charge is 2.39. The van der Waals surface area contributed by atoms with E-state index in [1.165, 1.54) is 11.0 Å². The van der Waals surface area contributed by atoms with Crippen molar-refractivity contribution < 1.29 is 29.4 Å². The second-order valence-electron chi connectivity index (χ2n) is 5.35. The number of phenolic OH excluding ortho intramolecular Hbond substituents is 2. The molecule has 1 heterocycles. The molecule has 10 nitrogen and oxygen atoms in total. The highest BCUT2D eigenvalue weighted by molar-refractivity contribution is 6.35. The molecule has 1 fully saturated rings. The van der Waals surface area contributed by atoms with Gasteiger partial charge in [-0.3, -0.25) is 19.2 Å². The Labute approximate surface area is 143 Å². The zero-order chi connectivity index (χ0) is 18.7. The molecule has 4 N–H and O–H groups in total. The molecule has 1 aliphatic heterocycles. The normalized spacial score (nSPS) is 15.9. The number of hydrazine groups is 1. The number of aromatic hydroxyl groups is 2. The van der Waals surface area contributed by atoms with Gasteiger partial charge in [0.2, 0.25) is 12.3 Å². The van der Waals surface area contributed by atoms with Crippen molar-refractivity contribution in [2.45, 2.75) is 13.0 Å². The average molecular weight is 350 g/mol. The first kappa shape index (κ1) is 18.0. The summed E-state index contributed by atoms with van der Waals surface area (Å²) >= 11 is 0. The van der Waals surface area contributed by atoms with Crippen LogP contribution in [0.4, 0.5) is 0 Å². The molecule has 25 heavy (non-hydrogen) atoms. The highest BCUT2D eigenvalue weighted by atomic mass is 16.3. The number of piperazine rings is 1. The lowest BCUT2D eigenvalue weighted by atomic mass is 10.1. The van der Waals surface area contributed by atoms with Crippen LogP contribution in [0, 0.1) is 0 Å². The summed E-state index contributed by atoms with van der Waals surface area (Å²) in [4.78, 5) is 49.1. The first-order chi connectivity index (χ1) is 11.8. The number of amides is 4. The van der Waals surface area contributed by atoms with E-state index in [-0.39, 0.29) is 25.1 Å². The Morgan fingerprint density at radius 2 is 1.96 bits per heavy atom. The van der Waals surface area contributed by atoms with Crippen LogP contribution in [-0.2, 0) is 19.2 Å². The van der Waals surface area contributed by atoms with Crippen LogP contribution >= 0.6 is 0 Å². The number of carbonyl (C=O) groups is 4. The van der Waals surface area contributed by atoms with Gasteiger partial charge >= 0.3 is 11.8 Å². The predicted molar refractivity (Wildman–Crippen MR) is 83.6 cm³/mol. The van der Waals surface area contributed by atoms with Crippen molar-refractivity contribution in [3.8, 4) is 11.5 Å². The molecule has 1 atom stereocenters. The number of phenols is 2. The number of carbonyl (C=O) groups excluding carboxylic acids is 4. The maximum Gasteiger partial charge on any atom is 0.330 e. The summed E-state index contributed by atoms with van der Waals surface area (Å²) in [5.41, 5.74) is 5.43. The first-order valence-corrected chi connectivity index (χ1v) is 7.47. The summed E-state index contributed by atoms with van der Waals surface area (Å²) in [7, 11) is 0. The van der Waals surface area contributed by atoms with Gasteiger partial charge in [-0.05, 0) is 24.6 Å². The minimum absolute atomic E-state index is 0.00496. The second kappa shape index (κ2) is 7.07. The SMILES string of the molecule is CCN1CCN(N(C=O)C(C(N)=O)c2ccc(O)c(O)c2)C(=O)C1=O. The Hall–Kier alpha value is -3.30. The van der Waals surface area contributed by atoms with Crippen molar-refractivity contribution in [3.63, 3.8) is 0 Å². The molecule has 10 heteroatoms. The zero-order valence-electron chi connectivity index (χ0n) is 13.5. The predicted octanol–water partition coefficient (Wildman–Crippen LogP) is -1.31. The molecule has 0 aromatic heterocycles. The van der Waals surface area contributed by atoms with Crippen LogP contribution in [0.2, 0.25) is 0 Å². The van der Waals surface area contributed by atoms with Crippen LogP contribution in [0.5, 0.6) is 11.5 Å². The summed E-state index contributed by atoms with van der Waals surface area (Å²) in [5.74, 6) is -3.68. The van der Waals surface area contributed by atoms with Gasteiger partial charge in [-0.15, -0.1) is 0 Å². The van der Waals surface area contributed by atoms with Crippen LogP contribution in [0.15, 0.2) is 18.2 Å². The van der Waals surface area contributed by atoms with E-state index in [0.29, 0.717) is 6.54 Å². The van der Waals surface area contributed by atoms with Gasteiger partial charge in [0.1, 0.15) is 0 Å². The van der Waals surface area contributed by atoms with Crippen molar-refractivity contribution >= 4 is 24.1 Å². The molecular formula is C15H18N4O6. The molecule has 134 valence electrons. The molecule has 4 amide bonds. The molecule has 1 aromatic rings. The standard InChI is InChI=1S/C15H18N4O6/c1-2-17-5-6-18(15(25)14(17)24)19(8-20)12(13(16)23)9-3-4-10(21)11(22)7-9/h3-4,7-8,12,21-22H,2,5-6H2,1H3,(H2,16,23). The quantitative estimate of drug-likeness (QED) is 0.330. The Kier molecular flexibility index (Phi) is 5.11. The fraction of sp³-hybridized carbons (Fsp3) is 0.333. The molecule has 1 unspecified atom stereocenters. The number of likely N-dealkylation sites (N-methyl/N-ethyl adjacent to an activating group) is 1. The van der Waals surface area contributed by atoms with Crippen LogP contribution in [0.3, 0.4) is 0 Å². The van der Waals surface area contributed by atoms with Crippen molar-refractivity contribution in [1.82, 2.24) is 14.9 Å². The lowest BCUT2D eigenvalue weighted by molar-refractivity contribution is -0.176. The van der Waals surface area contributed by atoms with Crippen molar-refractivity contribution in [3.05, 3.63) is 23.8 Å². The molecule has 0 spiro atoms. The molecule has 0 saturated carbocycles. The average Bonchev–Trinajstić information content (AvgIpc) is 2.58. The van der Waals surface area contributed by atoms with Crippen LogP contribution in [0.1, 0.15) is 18.5 Å². The van der Waals surface area contributed by atoms with E-state index in [1.807, 2.05) is 0 Å². The smallest absolute Gasteiger partial charge is 0.330 e. The van der Waals surface area contributed by atoms with Crippen LogP contribution in [0.25, 0.3) is 0 Å². The van der Waals surface area contributed by atoms with Gasteiger partial charge in [0.25, 0.3) is 0 Å². The Morgan fingerprint density at radius 1 is 1.28 bits per heavy atom. The van der Waals surface area contributed by atoms with E-state index in [0.717, 1.165) is 22.2 Å². The van der Waals surface area contributed by atoms with Gasteiger partial charge in [-0.25, -0.2) is 10.0 Å². The molecule has 1 saturated heterocycles.